The zero-order chi connectivity index (χ0) is 20.9. The number of amides is 2. The Balaban J connectivity index is 3.28. The number of ketones is 1. The molecule has 164 valence electrons. The highest BCUT2D eigenvalue weighted by atomic mass is 16.5. The summed E-state index contributed by atoms with van der Waals surface area (Å²) in [4.78, 5) is 34.0. The predicted octanol–water partition coefficient (Wildman–Crippen LogP) is 1.61. The van der Waals surface area contributed by atoms with E-state index in [1.54, 1.807) is 0 Å². The zero-order valence-corrected chi connectivity index (χ0v) is 17.6. The fourth-order valence-corrected chi connectivity index (χ4v) is 2.21. The van der Waals surface area contributed by atoms with Gasteiger partial charge in [-0.1, -0.05) is 19.8 Å². The summed E-state index contributed by atoms with van der Waals surface area (Å²) in [5.74, 6) is 0.0579. The second-order valence-electron chi connectivity index (χ2n) is 6.55. The Morgan fingerprint density at radius 3 is 1.75 bits per heavy atom. The first-order valence-electron chi connectivity index (χ1n) is 10.3. The SMILES string of the molecule is CCCCCNC(=O)CCCC(=O)NCCOCCOCCOCCC(C)=O. The average Bonchev–Trinajstić information content (AvgIpc) is 2.66. The first-order valence-corrected chi connectivity index (χ1v) is 10.3. The van der Waals surface area contributed by atoms with Crippen LogP contribution in [0.1, 0.15) is 58.8 Å². The van der Waals surface area contributed by atoms with Gasteiger partial charge in [0.2, 0.25) is 11.8 Å². The van der Waals surface area contributed by atoms with Gasteiger partial charge in [0.1, 0.15) is 5.78 Å². The maximum absolute atomic E-state index is 11.7. The maximum atomic E-state index is 11.7. The first-order chi connectivity index (χ1) is 13.6. The van der Waals surface area contributed by atoms with Crippen molar-refractivity contribution in [3.05, 3.63) is 0 Å². The topological polar surface area (TPSA) is 103 Å². The molecule has 0 aliphatic heterocycles. The average molecular weight is 403 g/mol. The highest BCUT2D eigenvalue weighted by molar-refractivity contribution is 5.78. The van der Waals surface area contributed by atoms with Crippen molar-refractivity contribution in [1.82, 2.24) is 10.6 Å². The minimum absolute atomic E-state index is 0.0106. The maximum Gasteiger partial charge on any atom is 0.220 e. The normalized spacial score (nSPS) is 10.6. The van der Waals surface area contributed by atoms with Crippen molar-refractivity contribution in [3.63, 3.8) is 0 Å². The van der Waals surface area contributed by atoms with Crippen LogP contribution >= 0.6 is 0 Å². The number of hydrogen-bond donors (Lipinski definition) is 2. The van der Waals surface area contributed by atoms with E-state index in [2.05, 4.69) is 17.6 Å². The monoisotopic (exact) mass is 402 g/mol. The van der Waals surface area contributed by atoms with E-state index < -0.39 is 0 Å². The Kier molecular flexibility index (Phi) is 19.1. The van der Waals surface area contributed by atoms with Crippen molar-refractivity contribution < 1.29 is 28.6 Å². The minimum atomic E-state index is -0.0682. The quantitative estimate of drug-likeness (QED) is 0.300. The Bertz CT molecular complexity index is 418. The predicted molar refractivity (Wildman–Crippen MR) is 107 cm³/mol. The Labute approximate surface area is 169 Å². The summed E-state index contributed by atoms with van der Waals surface area (Å²) in [6, 6.07) is 0. The van der Waals surface area contributed by atoms with Gasteiger partial charge in [-0.2, -0.15) is 0 Å². The van der Waals surface area contributed by atoms with E-state index in [0.717, 1.165) is 19.3 Å². The lowest BCUT2D eigenvalue weighted by atomic mass is 10.2. The molecule has 0 spiro atoms. The second-order valence-corrected chi connectivity index (χ2v) is 6.55. The molecule has 0 aliphatic carbocycles. The molecule has 8 heteroatoms. The molecule has 0 unspecified atom stereocenters. The number of unbranched alkanes of at least 4 members (excludes halogenated alkanes) is 2. The van der Waals surface area contributed by atoms with Crippen molar-refractivity contribution in [2.75, 3.05) is 52.7 Å². The summed E-state index contributed by atoms with van der Waals surface area (Å²) in [6.07, 6.45) is 4.96. The molecule has 0 heterocycles. The van der Waals surface area contributed by atoms with Crippen molar-refractivity contribution in [2.45, 2.75) is 58.8 Å². The molecule has 0 atom stereocenters. The smallest absolute Gasteiger partial charge is 0.220 e. The summed E-state index contributed by atoms with van der Waals surface area (Å²) in [5, 5.41) is 5.63. The van der Waals surface area contributed by atoms with Gasteiger partial charge in [-0.15, -0.1) is 0 Å². The van der Waals surface area contributed by atoms with Crippen LogP contribution in [0.2, 0.25) is 0 Å². The summed E-state index contributed by atoms with van der Waals surface area (Å²) >= 11 is 0. The van der Waals surface area contributed by atoms with Crippen LogP contribution in [0.4, 0.5) is 0 Å². The van der Waals surface area contributed by atoms with Crippen LogP contribution < -0.4 is 10.6 Å². The number of carbonyl (C=O) groups excluding carboxylic acids is 3. The fourth-order valence-electron chi connectivity index (χ4n) is 2.21. The lowest BCUT2D eigenvalue weighted by Crippen LogP contribution is -2.28. The van der Waals surface area contributed by atoms with E-state index in [9.17, 15) is 14.4 Å². The Morgan fingerprint density at radius 1 is 0.643 bits per heavy atom. The second kappa shape index (κ2) is 20.2. The van der Waals surface area contributed by atoms with E-state index in [-0.39, 0.29) is 17.6 Å². The molecule has 2 amide bonds. The van der Waals surface area contributed by atoms with Crippen LogP contribution in [-0.4, -0.2) is 70.3 Å². The lowest BCUT2D eigenvalue weighted by molar-refractivity contribution is -0.122. The van der Waals surface area contributed by atoms with Gasteiger partial charge in [-0.05, 0) is 19.8 Å². The molecule has 0 aromatic heterocycles. The number of nitrogens with one attached hydrogen (secondary N) is 2. The Morgan fingerprint density at radius 2 is 1.18 bits per heavy atom. The highest BCUT2D eigenvalue weighted by Gasteiger charge is 2.04. The van der Waals surface area contributed by atoms with Crippen LogP contribution in [0.25, 0.3) is 0 Å². The number of carbonyl (C=O) groups is 3. The molecule has 0 aromatic carbocycles. The first kappa shape index (κ1) is 26.5. The zero-order valence-electron chi connectivity index (χ0n) is 17.6. The summed E-state index contributed by atoms with van der Waals surface area (Å²) in [6.45, 7) is 7.48. The van der Waals surface area contributed by atoms with Crippen molar-refractivity contribution in [1.29, 1.82) is 0 Å². The van der Waals surface area contributed by atoms with Gasteiger partial charge in [-0.25, -0.2) is 0 Å². The van der Waals surface area contributed by atoms with E-state index >= 15 is 0 Å². The van der Waals surface area contributed by atoms with Crippen LogP contribution in [0, 0.1) is 0 Å². The third-order valence-corrected chi connectivity index (χ3v) is 3.82. The lowest BCUT2D eigenvalue weighted by Gasteiger charge is -2.08. The molecule has 0 aliphatic rings. The molecule has 0 bridgehead atoms. The van der Waals surface area contributed by atoms with Gasteiger partial charge in [0, 0.05) is 32.4 Å². The van der Waals surface area contributed by atoms with Crippen LogP contribution in [0.15, 0.2) is 0 Å². The van der Waals surface area contributed by atoms with E-state index in [0.29, 0.717) is 78.4 Å². The number of rotatable bonds is 20. The third kappa shape index (κ3) is 20.8. The van der Waals surface area contributed by atoms with Gasteiger partial charge in [-0.3, -0.25) is 14.4 Å². The van der Waals surface area contributed by atoms with E-state index in [4.69, 9.17) is 14.2 Å². The Hall–Kier alpha value is -1.51. The van der Waals surface area contributed by atoms with Gasteiger partial charge < -0.3 is 24.8 Å². The van der Waals surface area contributed by atoms with Gasteiger partial charge in [0.25, 0.3) is 0 Å². The summed E-state index contributed by atoms with van der Waals surface area (Å²) in [5.41, 5.74) is 0. The van der Waals surface area contributed by atoms with Crippen molar-refractivity contribution >= 4 is 17.6 Å². The molecule has 0 saturated carbocycles. The van der Waals surface area contributed by atoms with E-state index in [1.165, 1.54) is 6.92 Å². The van der Waals surface area contributed by atoms with Gasteiger partial charge >= 0.3 is 0 Å². The van der Waals surface area contributed by atoms with E-state index in [1.807, 2.05) is 0 Å². The third-order valence-electron chi connectivity index (χ3n) is 3.82. The van der Waals surface area contributed by atoms with Crippen molar-refractivity contribution in [3.8, 4) is 0 Å². The standard InChI is InChI=1S/C20H38N2O6/c1-3-4-5-10-21-19(24)7-6-8-20(25)22-11-13-27-15-17-28-16-14-26-12-9-18(2)23/h3-17H2,1-2H3,(H,21,24)(H,22,25). The molecule has 2 N–H and O–H groups in total. The van der Waals surface area contributed by atoms with Crippen LogP contribution in [0.5, 0.6) is 0 Å². The molecular weight excluding hydrogens is 364 g/mol. The molecule has 0 rings (SSSR count). The molecule has 0 aromatic rings. The molecule has 28 heavy (non-hydrogen) atoms. The number of ether oxygens (including phenoxy) is 3. The fraction of sp³-hybridized carbons (Fsp3) is 0.850. The van der Waals surface area contributed by atoms with Gasteiger partial charge in [0.05, 0.1) is 39.6 Å². The highest BCUT2D eigenvalue weighted by Crippen LogP contribution is 1.96. The molecule has 0 saturated heterocycles. The molecule has 0 radical (unpaired) electrons. The number of hydrogen-bond acceptors (Lipinski definition) is 6. The van der Waals surface area contributed by atoms with Crippen LogP contribution in [0.3, 0.4) is 0 Å². The minimum Gasteiger partial charge on any atom is -0.379 e. The van der Waals surface area contributed by atoms with Gasteiger partial charge in [0.15, 0.2) is 0 Å². The van der Waals surface area contributed by atoms with Crippen LogP contribution in [-0.2, 0) is 28.6 Å². The molecular formula is C20H38N2O6. The molecule has 0 fully saturated rings. The molecule has 8 nitrogen and oxygen atoms in total. The van der Waals surface area contributed by atoms with Crippen molar-refractivity contribution in [2.24, 2.45) is 0 Å². The largest absolute Gasteiger partial charge is 0.379 e. The summed E-state index contributed by atoms with van der Waals surface area (Å²) in [7, 11) is 0. The summed E-state index contributed by atoms with van der Waals surface area (Å²) < 4.78 is 15.9. The number of Topliss-reactive ketones (excluding diaryl/α,β-unsaturated/α-hetero) is 1.